The number of benzene rings is 1. The van der Waals surface area contributed by atoms with Gasteiger partial charge < -0.3 is 21.7 Å². The molecular formula is C20H27F3N6. The molecule has 1 fully saturated rings. The number of halogens is 3. The predicted octanol–water partition coefficient (Wildman–Crippen LogP) is 4.09. The summed E-state index contributed by atoms with van der Waals surface area (Å²) in [6.45, 7) is 3.64. The van der Waals surface area contributed by atoms with Crippen LogP contribution in [0, 0.1) is 0 Å². The number of aryl methyl sites for hydroxylation is 1. The second-order valence-corrected chi connectivity index (χ2v) is 7.42. The summed E-state index contributed by atoms with van der Waals surface area (Å²) in [6, 6.07) is 5.73. The Morgan fingerprint density at radius 1 is 1.24 bits per heavy atom. The Kier molecular flexibility index (Phi) is 6.46. The van der Waals surface area contributed by atoms with Crippen LogP contribution < -0.4 is 21.7 Å². The summed E-state index contributed by atoms with van der Waals surface area (Å²) in [6.07, 6.45) is 0.183. The van der Waals surface area contributed by atoms with Gasteiger partial charge in [0.15, 0.2) is 0 Å². The summed E-state index contributed by atoms with van der Waals surface area (Å²) in [5.74, 6) is 1.01. The number of hydrogen-bond acceptors (Lipinski definition) is 6. The smallest absolute Gasteiger partial charge is 0.398 e. The van der Waals surface area contributed by atoms with Crippen LogP contribution in [-0.2, 0) is 12.6 Å². The molecule has 0 bridgehead atoms. The van der Waals surface area contributed by atoms with Crippen molar-refractivity contribution in [3.8, 4) is 0 Å². The zero-order chi connectivity index (χ0) is 21.0. The third-order valence-electron chi connectivity index (χ3n) is 4.95. The van der Waals surface area contributed by atoms with Gasteiger partial charge in [0.2, 0.25) is 5.95 Å². The van der Waals surface area contributed by atoms with Crippen molar-refractivity contribution in [2.75, 3.05) is 29.0 Å². The van der Waals surface area contributed by atoms with Crippen LogP contribution >= 0.6 is 0 Å². The van der Waals surface area contributed by atoms with Gasteiger partial charge in [-0.2, -0.15) is 18.2 Å². The van der Waals surface area contributed by atoms with E-state index < -0.39 is 11.7 Å². The first-order valence-electron chi connectivity index (χ1n) is 9.88. The molecule has 9 heteroatoms. The van der Waals surface area contributed by atoms with Crippen molar-refractivity contribution in [3.63, 3.8) is 0 Å². The fourth-order valence-corrected chi connectivity index (χ4v) is 3.41. The molecule has 1 aromatic carbocycles. The molecule has 6 nitrogen and oxygen atoms in total. The van der Waals surface area contributed by atoms with E-state index >= 15 is 0 Å². The average molecular weight is 408 g/mol. The van der Waals surface area contributed by atoms with Crippen molar-refractivity contribution in [2.24, 2.45) is 5.73 Å². The number of anilines is 4. The van der Waals surface area contributed by atoms with Gasteiger partial charge in [-0.15, -0.1) is 0 Å². The number of nitrogens with zero attached hydrogens (tertiary/aromatic N) is 3. The molecule has 0 unspecified atom stereocenters. The molecule has 0 radical (unpaired) electrons. The zero-order valence-electron chi connectivity index (χ0n) is 16.5. The van der Waals surface area contributed by atoms with E-state index in [-0.39, 0.29) is 23.4 Å². The number of nitrogens with two attached hydrogens (primary N) is 2. The third-order valence-corrected chi connectivity index (χ3v) is 4.95. The molecule has 1 aliphatic heterocycles. The second-order valence-electron chi connectivity index (χ2n) is 7.42. The molecule has 0 amide bonds. The topological polar surface area (TPSA) is 93.1 Å². The first-order chi connectivity index (χ1) is 13.8. The van der Waals surface area contributed by atoms with E-state index in [2.05, 4.69) is 27.1 Å². The molecule has 0 spiro atoms. The summed E-state index contributed by atoms with van der Waals surface area (Å²) >= 11 is 0. The average Bonchev–Trinajstić information content (AvgIpc) is 2.67. The molecule has 3 rings (SSSR count). The fourth-order valence-electron chi connectivity index (χ4n) is 3.41. The van der Waals surface area contributed by atoms with Crippen LogP contribution in [0.15, 0.2) is 24.3 Å². The number of piperidine rings is 1. The minimum absolute atomic E-state index is 0.0839. The van der Waals surface area contributed by atoms with E-state index in [9.17, 15) is 13.2 Å². The van der Waals surface area contributed by atoms with Gasteiger partial charge >= 0.3 is 6.18 Å². The van der Waals surface area contributed by atoms with E-state index in [0.29, 0.717) is 6.54 Å². The van der Waals surface area contributed by atoms with Crippen LogP contribution in [0.5, 0.6) is 0 Å². The van der Waals surface area contributed by atoms with E-state index in [4.69, 9.17) is 11.5 Å². The third kappa shape index (κ3) is 5.50. The van der Waals surface area contributed by atoms with Crippen LogP contribution in [0.3, 0.4) is 0 Å². The van der Waals surface area contributed by atoms with Gasteiger partial charge in [-0.05, 0) is 43.9 Å². The number of alkyl halides is 3. The molecule has 2 heterocycles. The monoisotopic (exact) mass is 408 g/mol. The number of nitrogen functional groups attached to an aromatic ring is 1. The fraction of sp³-hybridized carbons (Fsp3) is 0.500. The van der Waals surface area contributed by atoms with Crippen LogP contribution in [0.25, 0.3) is 0 Å². The molecule has 1 aliphatic rings. The number of hydrogen-bond donors (Lipinski definition) is 3. The van der Waals surface area contributed by atoms with Crippen molar-refractivity contribution in [3.05, 3.63) is 35.5 Å². The van der Waals surface area contributed by atoms with Crippen molar-refractivity contribution in [1.29, 1.82) is 0 Å². The molecular weight excluding hydrogens is 381 g/mol. The first-order valence-corrected chi connectivity index (χ1v) is 9.88. The van der Waals surface area contributed by atoms with E-state index in [1.807, 2.05) is 6.07 Å². The molecule has 0 saturated carbocycles. The van der Waals surface area contributed by atoms with Gasteiger partial charge in [0.1, 0.15) is 5.82 Å². The van der Waals surface area contributed by atoms with Gasteiger partial charge in [0.05, 0.1) is 5.56 Å². The Bertz CT molecular complexity index is 839. The van der Waals surface area contributed by atoms with Crippen LogP contribution in [0.4, 0.5) is 36.3 Å². The largest absolute Gasteiger partial charge is 0.418 e. The van der Waals surface area contributed by atoms with E-state index in [0.717, 1.165) is 56.2 Å². The lowest BCUT2D eigenvalue weighted by molar-refractivity contribution is -0.136. The van der Waals surface area contributed by atoms with E-state index in [1.54, 1.807) is 0 Å². The molecule has 1 aromatic heterocycles. The summed E-state index contributed by atoms with van der Waals surface area (Å²) < 4.78 is 39.5. The molecule has 0 aliphatic carbocycles. The summed E-state index contributed by atoms with van der Waals surface area (Å²) in [7, 11) is 0. The summed E-state index contributed by atoms with van der Waals surface area (Å²) in [5, 5.41) is 2.92. The zero-order valence-corrected chi connectivity index (χ0v) is 16.5. The lowest BCUT2D eigenvalue weighted by atomic mass is 10.1. The Hall–Kier alpha value is -2.55. The van der Waals surface area contributed by atoms with Crippen molar-refractivity contribution >= 4 is 23.1 Å². The molecule has 1 atom stereocenters. The molecule has 5 N–H and O–H groups in total. The lowest BCUT2D eigenvalue weighted by Gasteiger charge is -2.32. The summed E-state index contributed by atoms with van der Waals surface area (Å²) in [4.78, 5) is 11.2. The van der Waals surface area contributed by atoms with Crippen molar-refractivity contribution in [2.45, 2.75) is 51.2 Å². The van der Waals surface area contributed by atoms with E-state index in [1.165, 1.54) is 12.1 Å². The lowest BCUT2D eigenvalue weighted by Crippen LogP contribution is -2.43. The minimum Gasteiger partial charge on any atom is -0.398 e. The maximum Gasteiger partial charge on any atom is 0.418 e. The second kappa shape index (κ2) is 8.86. The van der Waals surface area contributed by atoms with Gasteiger partial charge in [-0.25, -0.2) is 4.98 Å². The molecule has 29 heavy (non-hydrogen) atoms. The quantitative estimate of drug-likeness (QED) is 0.624. The SMILES string of the molecule is CCCCc1cc(N2CCC[C@@H](N)C2)nc(Nc2ccc(N)c(C(F)(F)F)c2)n1. The van der Waals surface area contributed by atoms with Crippen LogP contribution in [0.2, 0.25) is 0 Å². The van der Waals surface area contributed by atoms with Crippen LogP contribution in [0.1, 0.15) is 43.9 Å². The molecule has 2 aromatic rings. The Morgan fingerprint density at radius 2 is 2.03 bits per heavy atom. The maximum atomic E-state index is 13.2. The van der Waals surface area contributed by atoms with Crippen molar-refractivity contribution in [1.82, 2.24) is 9.97 Å². The minimum atomic E-state index is -4.53. The number of aromatic nitrogens is 2. The Morgan fingerprint density at radius 3 is 2.72 bits per heavy atom. The maximum absolute atomic E-state index is 13.2. The Balaban J connectivity index is 1.90. The predicted molar refractivity (Wildman–Crippen MR) is 109 cm³/mol. The number of rotatable bonds is 6. The highest BCUT2D eigenvalue weighted by Gasteiger charge is 2.33. The van der Waals surface area contributed by atoms with Gasteiger partial charge in [0, 0.05) is 42.3 Å². The van der Waals surface area contributed by atoms with Crippen molar-refractivity contribution < 1.29 is 13.2 Å². The van der Waals surface area contributed by atoms with Crippen LogP contribution in [-0.4, -0.2) is 29.1 Å². The number of unbranched alkanes of at least 4 members (excludes halogenated alkanes) is 1. The van der Waals surface area contributed by atoms with Gasteiger partial charge in [-0.3, -0.25) is 0 Å². The first kappa shape index (κ1) is 21.2. The molecule has 158 valence electrons. The summed E-state index contributed by atoms with van der Waals surface area (Å²) in [5.41, 5.74) is 11.5. The highest BCUT2D eigenvalue weighted by atomic mass is 19.4. The number of nitrogens with one attached hydrogen (secondary N) is 1. The van der Waals surface area contributed by atoms with Gasteiger partial charge in [0.25, 0.3) is 0 Å². The highest BCUT2D eigenvalue weighted by molar-refractivity contribution is 5.63. The Labute approximate surface area is 168 Å². The standard InChI is InChI=1S/C20H27F3N6/c1-2-3-6-14-11-18(29-9-4-5-13(24)12-29)28-19(26-14)27-15-7-8-17(25)16(10-15)20(21,22)23/h7-8,10-11,13H,2-6,9,12,24-25H2,1H3,(H,26,27,28)/t13-/m1/s1. The normalized spacial score (nSPS) is 17.4. The molecule has 1 saturated heterocycles. The van der Waals surface area contributed by atoms with Gasteiger partial charge in [-0.1, -0.05) is 13.3 Å². The highest BCUT2D eigenvalue weighted by Crippen LogP contribution is 2.35.